The highest BCUT2D eigenvalue weighted by Gasteiger charge is 2.36. The monoisotopic (exact) mass is 355 g/mol. The molecular formula is C14H17N3O4S2. The van der Waals surface area contributed by atoms with Gasteiger partial charge in [0.05, 0.1) is 18.1 Å². The van der Waals surface area contributed by atoms with Gasteiger partial charge in [0.2, 0.25) is 15.9 Å². The Morgan fingerprint density at radius 3 is 2.96 bits per heavy atom. The number of benzene rings is 1. The van der Waals surface area contributed by atoms with Gasteiger partial charge < -0.3 is 10.1 Å². The Balaban J connectivity index is 1.83. The fourth-order valence-electron chi connectivity index (χ4n) is 2.73. The van der Waals surface area contributed by atoms with Crippen LogP contribution in [0, 0.1) is 0 Å². The highest BCUT2D eigenvalue weighted by atomic mass is 32.2. The largest absolute Gasteiger partial charge is 0.494 e. The van der Waals surface area contributed by atoms with Crippen LogP contribution < -0.4 is 10.1 Å². The summed E-state index contributed by atoms with van der Waals surface area (Å²) >= 11 is 1.33. The number of fused-ring (bicyclic) bond motifs is 1. The molecule has 9 heteroatoms. The first kappa shape index (κ1) is 16.2. The molecule has 1 aliphatic heterocycles. The van der Waals surface area contributed by atoms with Gasteiger partial charge >= 0.3 is 0 Å². The zero-order valence-corrected chi connectivity index (χ0v) is 14.4. The summed E-state index contributed by atoms with van der Waals surface area (Å²) in [5.41, 5.74) is 0.682. The Bertz CT molecular complexity index is 847. The Labute approximate surface area is 138 Å². The molecule has 1 saturated heterocycles. The topological polar surface area (TPSA) is 88.6 Å². The number of amides is 1. The molecular weight excluding hydrogens is 338 g/mol. The number of hydrogen-bond acceptors (Lipinski definition) is 6. The van der Waals surface area contributed by atoms with E-state index in [-0.39, 0.29) is 5.91 Å². The molecule has 2 heterocycles. The van der Waals surface area contributed by atoms with Gasteiger partial charge in [-0.3, -0.25) is 4.79 Å². The number of para-hydroxylation sites is 1. The predicted molar refractivity (Wildman–Crippen MR) is 89.4 cm³/mol. The molecule has 1 aromatic carbocycles. The predicted octanol–water partition coefficient (Wildman–Crippen LogP) is 1.67. The zero-order valence-electron chi connectivity index (χ0n) is 12.8. The van der Waals surface area contributed by atoms with Crippen LogP contribution in [0.3, 0.4) is 0 Å². The van der Waals surface area contributed by atoms with Gasteiger partial charge in [0.1, 0.15) is 17.3 Å². The van der Waals surface area contributed by atoms with E-state index in [1.165, 1.54) is 15.6 Å². The van der Waals surface area contributed by atoms with Crippen molar-refractivity contribution in [1.82, 2.24) is 9.29 Å². The molecule has 3 rings (SSSR count). The molecule has 1 atom stereocenters. The van der Waals surface area contributed by atoms with E-state index in [2.05, 4.69) is 10.3 Å². The molecule has 1 aromatic heterocycles. The fourth-order valence-corrected chi connectivity index (χ4v) is 4.74. The van der Waals surface area contributed by atoms with Gasteiger partial charge in [-0.15, -0.1) is 0 Å². The number of hydrogen-bond donors (Lipinski definition) is 1. The molecule has 0 radical (unpaired) electrons. The molecule has 1 N–H and O–H groups in total. The van der Waals surface area contributed by atoms with Crippen LogP contribution in [0.5, 0.6) is 5.75 Å². The van der Waals surface area contributed by atoms with Crippen molar-refractivity contribution in [2.75, 3.05) is 25.2 Å². The van der Waals surface area contributed by atoms with Crippen LogP contribution in [0.2, 0.25) is 0 Å². The normalized spacial score (nSPS) is 19.1. The Kier molecular flexibility index (Phi) is 4.26. The smallest absolute Gasteiger partial charge is 0.244 e. The quantitative estimate of drug-likeness (QED) is 0.901. The number of methoxy groups -OCH3 is 1. The minimum Gasteiger partial charge on any atom is -0.494 e. The van der Waals surface area contributed by atoms with E-state index in [4.69, 9.17) is 4.74 Å². The van der Waals surface area contributed by atoms with Crippen molar-refractivity contribution in [1.29, 1.82) is 0 Å². The molecule has 23 heavy (non-hydrogen) atoms. The number of thiazole rings is 1. The summed E-state index contributed by atoms with van der Waals surface area (Å²) in [5.74, 6) is 0.295. The molecule has 0 bridgehead atoms. The molecule has 7 nitrogen and oxygen atoms in total. The van der Waals surface area contributed by atoms with Gasteiger partial charge in [0.25, 0.3) is 0 Å². The minimum atomic E-state index is -3.39. The first-order valence-corrected chi connectivity index (χ1v) is 9.78. The summed E-state index contributed by atoms with van der Waals surface area (Å²) in [7, 11) is -1.82. The lowest BCUT2D eigenvalue weighted by molar-refractivity contribution is -0.119. The number of rotatable bonds is 4. The number of nitrogens with zero attached hydrogens (tertiary/aromatic N) is 2. The maximum Gasteiger partial charge on any atom is 0.244 e. The minimum absolute atomic E-state index is 0.342. The number of aromatic nitrogens is 1. The average Bonchev–Trinajstić information content (AvgIpc) is 3.12. The third kappa shape index (κ3) is 3.17. The average molecular weight is 355 g/mol. The van der Waals surface area contributed by atoms with Crippen LogP contribution >= 0.6 is 11.3 Å². The number of nitrogens with one attached hydrogen (secondary N) is 1. The van der Waals surface area contributed by atoms with E-state index in [0.717, 1.165) is 11.0 Å². The van der Waals surface area contributed by atoms with Gasteiger partial charge in [-0.05, 0) is 25.0 Å². The summed E-state index contributed by atoms with van der Waals surface area (Å²) in [6.07, 6.45) is 2.33. The van der Waals surface area contributed by atoms with E-state index < -0.39 is 16.1 Å². The number of carbonyl (C=O) groups excluding carboxylic acids is 1. The summed E-state index contributed by atoms with van der Waals surface area (Å²) in [4.78, 5) is 16.8. The lowest BCUT2D eigenvalue weighted by Crippen LogP contribution is -2.42. The second-order valence-electron chi connectivity index (χ2n) is 5.35. The van der Waals surface area contributed by atoms with Gasteiger partial charge in [-0.1, -0.05) is 17.4 Å². The van der Waals surface area contributed by atoms with Crippen LogP contribution in [-0.2, 0) is 14.8 Å². The molecule has 0 spiro atoms. The molecule has 1 unspecified atom stereocenters. The summed E-state index contributed by atoms with van der Waals surface area (Å²) in [5, 5.41) is 3.17. The summed E-state index contributed by atoms with van der Waals surface area (Å²) in [6.45, 7) is 0.380. The molecule has 1 fully saturated rings. The van der Waals surface area contributed by atoms with Crippen LogP contribution in [0.1, 0.15) is 12.8 Å². The van der Waals surface area contributed by atoms with Crippen molar-refractivity contribution in [2.45, 2.75) is 18.9 Å². The maximum absolute atomic E-state index is 12.4. The molecule has 124 valence electrons. The van der Waals surface area contributed by atoms with Crippen molar-refractivity contribution in [2.24, 2.45) is 0 Å². The third-order valence-corrected chi connectivity index (χ3v) is 5.99. The third-order valence-electron chi connectivity index (χ3n) is 3.76. The van der Waals surface area contributed by atoms with Crippen LogP contribution in [-0.4, -0.2) is 49.6 Å². The van der Waals surface area contributed by atoms with Crippen LogP contribution in [0.15, 0.2) is 18.2 Å². The Hall–Kier alpha value is -1.71. The highest BCUT2D eigenvalue weighted by Crippen LogP contribution is 2.32. The summed E-state index contributed by atoms with van der Waals surface area (Å²) in [6, 6.07) is 4.88. The second-order valence-corrected chi connectivity index (χ2v) is 8.31. The van der Waals surface area contributed by atoms with Crippen molar-refractivity contribution < 1.29 is 17.9 Å². The van der Waals surface area contributed by atoms with E-state index in [1.807, 2.05) is 12.1 Å². The Morgan fingerprint density at radius 2 is 2.26 bits per heavy atom. The molecule has 2 aromatic rings. The highest BCUT2D eigenvalue weighted by molar-refractivity contribution is 7.88. The van der Waals surface area contributed by atoms with Gasteiger partial charge in [-0.25, -0.2) is 13.4 Å². The number of sulfonamides is 1. The lowest BCUT2D eigenvalue weighted by atomic mass is 10.2. The van der Waals surface area contributed by atoms with Gasteiger partial charge in [0.15, 0.2) is 5.13 Å². The standard InChI is InChI=1S/C14H17N3O4S2/c1-21-10-6-3-7-11-12(10)15-14(22-11)16-13(18)9-5-4-8-17(9)23(2,19)20/h3,6-7,9H,4-5,8H2,1-2H3,(H,15,16,18). The summed E-state index contributed by atoms with van der Waals surface area (Å²) < 4.78 is 30.9. The zero-order chi connectivity index (χ0) is 16.6. The first-order valence-electron chi connectivity index (χ1n) is 7.11. The Morgan fingerprint density at radius 1 is 1.48 bits per heavy atom. The number of carbonyl (C=O) groups is 1. The first-order chi connectivity index (χ1) is 10.9. The van der Waals surface area contributed by atoms with Crippen molar-refractivity contribution in [3.05, 3.63) is 18.2 Å². The van der Waals surface area contributed by atoms with E-state index in [1.54, 1.807) is 13.2 Å². The van der Waals surface area contributed by atoms with Gasteiger partial charge in [0, 0.05) is 6.54 Å². The molecule has 0 aliphatic carbocycles. The van der Waals surface area contributed by atoms with E-state index in [0.29, 0.717) is 35.8 Å². The lowest BCUT2D eigenvalue weighted by Gasteiger charge is -2.20. The number of ether oxygens (including phenoxy) is 1. The SMILES string of the molecule is COc1cccc2sc(NC(=O)C3CCCN3S(C)(=O)=O)nc12. The van der Waals surface area contributed by atoms with E-state index >= 15 is 0 Å². The molecule has 1 aliphatic rings. The van der Waals surface area contributed by atoms with Crippen LogP contribution in [0.25, 0.3) is 10.2 Å². The molecule has 1 amide bonds. The van der Waals surface area contributed by atoms with Crippen molar-refractivity contribution in [3.63, 3.8) is 0 Å². The second kappa shape index (κ2) is 6.06. The fraction of sp³-hybridized carbons (Fsp3) is 0.429. The van der Waals surface area contributed by atoms with Crippen molar-refractivity contribution in [3.8, 4) is 5.75 Å². The van der Waals surface area contributed by atoms with Gasteiger partial charge in [-0.2, -0.15) is 4.31 Å². The number of anilines is 1. The van der Waals surface area contributed by atoms with Crippen LogP contribution in [0.4, 0.5) is 5.13 Å². The molecule has 0 saturated carbocycles. The maximum atomic E-state index is 12.4. The van der Waals surface area contributed by atoms with Crippen molar-refractivity contribution >= 4 is 42.6 Å². The van der Waals surface area contributed by atoms with E-state index in [9.17, 15) is 13.2 Å².